The van der Waals surface area contributed by atoms with Crippen molar-refractivity contribution < 1.29 is 34.0 Å². The SMILES string of the molecule is CCCC[P+](C/C=C/C=C/C[P+](CCCC)(CCCC)CCCC)(CCCC)CCCC.[Br-].[Br-]. The van der Waals surface area contributed by atoms with Crippen molar-refractivity contribution in [2.75, 3.05) is 49.3 Å². The smallest absolute Gasteiger partial charge is 0.0776 e. The molecule has 0 saturated carbocycles. The Morgan fingerprint density at radius 1 is 0.382 bits per heavy atom. The first-order chi connectivity index (χ1) is 15.6. The van der Waals surface area contributed by atoms with E-state index in [9.17, 15) is 0 Å². The van der Waals surface area contributed by atoms with E-state index in [1.165, 1.54) is 126 Å². The molecule has 0 saturated heterocycles. The van der Waals surface area contributed by atoms with E-state index in [1.807, 2.05) is 0 Å². The Morgan fingerprint density at radius 2 is 0.588 bits per heavy atom. The zero-order chi connectivity index (χ0) is 24.0. The number of hydrogen-bond donors (Lipinski definition) is 0. The molecule has 34 heavy (non-hydrogen) atoms. The van der Waals surface area contributed by atoms with Crippen molar-refractivity contribution in [3.63, 3.8) is 0 Å². The quantitative estimate of drug-likeness (QED) is 0.109. The number of hydrogen-bond acceptors (Lipinski definition) is 0. The van der Waals surface area contributed by atoms with Gasteiger partial charge < -0.3 is 34.0 Å². The van der Waals surface area contributed by atoms with Crippen LogP contribution in [-0.2, 0) is 0 Å². The van der Waals surface area contributed by atoms with Gasteiger partial charge in [0.2, 0.25) is 0 Å². The van der Waals surface area contributed by atoms with Gasteiger partial charge >= 0.3 is 0 Å². The fourth-order valence-electron chi connectivity index (χ4n) is 4.91. The zero-order valence-corrected chi connectivity index (χ0v) is 29.1. The molecule has 0 atom stereocenters. The first-order valence-corrected chi connectivity index (χ1v) is 19.6. The molecule has 0 aliphatic heterocycles. The van der Waals surface area contributed by atoms with Crippen molar-refractivity contribution in [1.82, 2.24) is 0 Å². The molecule has 0 aromatic rings. The Morgan fingerprint density at radius 3 is 0.765 bits per heavy atom. The highest BCUT2D eigenvalue weighted by atomic mass is 79.9. The number of unbranched alkanes of at least 4 members (excludes halogenated alkanes) is 6. The van der Waals surface area contributed by atoms with Gasteiger partial charge in [-0.1, -0.05) is 92.2 Å². The Labute approximate surface area is 239 Å². The summed E-state index contributed by atoms with van der Waals surface area (Å²) in [5.74, 6) is 0. The van der Waals surface area contributed by atoms with Crippen molar-refractivity contribution in [1.29, 1.82) is 0 Å². The van der Waals surface area contributed by atoms with Crippen molar-refractivity contribution in [2.45, 2.75) is 119 Å². The van der Waals surface area contributed by atoms with Gasteiger partial charge in [0.1, 0.15) is 0 Å². The molecule has 0 aliphatic carbocycles. The minimum absolute atomic E-state index is 0. The largest absolute Gasteiger partial charge is 1.00 e. The molecular weight excluding hydrogens is 582 g/mol. The highest BCUT2D eigenvalue weighted by Crippen LogP contribution is 2.61. The van der Waals surface area contributed by atoms with Crippen LogP contribution in [-0.4, -0.2) is 49.3 Å². The minimum atomic E-state index is -0.785. The van der Waals surface area contributed by atoms with Crippen LogP contribution in [0.3, 0.4) is 0 Å². The average molecular weight is 645 g/mol. The van der Waals surface area contributed by atoms with Crippen molar-refractivity contribution in [3.8, 4) is 0 Å². The first kappa shape index (κ1) is 39.8. The molecule has 206 valence electrons. The Balaban J connectivity index is -0.00000480. The Kier molecular flexibility index (Phi) is 32.0. The highest BCUT2D eigenvalue weighted by molar-refractivity contribution is 7.76. The summed E-state index contributed by atoms with van der Waals surface area (Å²) >= 11 is 0. The third-order valence-electron chi connectivity index (χ3n) is 7.28. The third kappa shape index (κ3) is 19.4. The third-order valence-corrected chi connectivity index (χ3v) is 16.8. The second kappa shape index (κ2) is 27.3. The van der Waals surface area contributed by atoms with Crippen LogP contribution in [0.1, 0.15) is 119 Å². The molecule has 0 N–H and O–H groups in total. The van der Waals surface area contributed by atoms with Gasteiger partial charge in [-0.15, -0.1) is 0 Å². The number of rotatable bonds is 23. The summed E-state index contributed by atoms with van der Waals surface area (Å²) in [5.41, 5.74) is 0. The van der Waals surface area contributed by atoms with Crippen molar-refractivity contribution >= 4 is 14.5 Å². The van der Waals surface area contributed by atoms with E-state index < -0.39 is 14.5 Å². The standard InChI is InChI=1S/C30H62P2.2BrH/c1-7-13-23-31(24-14-8-2,25-15-9-3)29-21-19-20-22-30-32(26-16-10-4,27-17-11-5)28-18-12-6;;/h19-22H,7-18,23-30H2,1-6H3;2*1H/q+2;;/p-2/b21-19+,22-20+;;. The normalized spacial score (nSPS) is 12.3. The van der Waals surface area contributed by atoms with Gasteiger partial charge in [0.05, 0.1) is 49.3 Å². The van der Waals surface area contributed by atoms with Gasteiger partial charge in [-0.05, 0) is 50.7 Å². The molecule has 0 nitrogen and oxygen atoms in total. The molecule has 4 heteroatoms. The maximum Gasteiger partial charge on any atom is 0.0776 e. The van der Waals surface area contributed by atoms with Gasteiger partial charge in [0.25, 0.3) is 0 Å². The number of halogens is 2. The summed E-state index contributed by atoms with van der Waals surface area (Å²) in [6.45, 7) is 14.2. The van der Waals surface area contributed by atoms with Crippen LogP contribution in [0.2, 0.25) is 0 Å². The fourth-order valence-corrected chi connectivity index (χ4v) is 14.4. The second-order valence-corrected chi connectivity index (χ2v) is 19.1. The molecule has 0 aromatic carbocycles. The van der Waals surface area contributed by atoms with Crippen LogP contribution in [0.15, 0.2) is 24.3 Å². The lowest BCUT2D eigenvalue weighted by Crippen LogP contribution is -3.00. The van der Waals surface area contributed by atoms with E-state index in [0.717, 1.165) is 0 Å². The lowest BCUT2D eigenvalue weighted by atomic mass is 10.4. The Hall–Kier alpha value is 1.30. The van der Waals surface area contributed by atoms with Crippen molar-refractivity contribution in [2.24, 2.45) is 0 Å². The molecule has 0 spiro atoms. The lowest BCUT2D eigenvalue weighted by molar-refractivity contribution is -0.001000. The van der Waals surface area contributed by atoms with Gasteiger partial charge in [0.15, 0.2) is 0 Å². The summed E-state index contributed by atoms with van der Waals surface area (Å²) < 4.78 is 0. The van der Waals surface area contributed by atoms with E-state index in [1.54, 1.807) is 0 Å². The predicted molar refractivity (Wildman–Crippen MR) is 161 cm³/mol. The van der Waals surface area contributed by atoms with Crippen LogP contribution in [0, 0.1) is 0 Å². The molecule has 0 bridgehead atoms. The molecule has 0 amide bonds. The topological polar surface area (TPSA) is 0 Å². The maximum atomic E-state index is 2.58. The van der Waals surface area contributed by atoms with Crippen LogP contribution in [0.25, 0.3) is 0 Å². The van der Waals surface area contributed by atoms with Crippen LogP contribution >= 0.6 is 14.5 Å². The zero-order valence-electron chi connectivity index (χ0n) is 24.1. The van der Waals surface area contributed by atoms with Crippen LogP contribution in [0.5, 0.6) is 0 Å². The molecule has 0 unspecified atom stereocenters. The summed E-state index contributed by atoms with van der Waals surface area (Å²) in [5, 5.41) is 0. The summed E-state index contributed by atoms with van der Waals surface area (Å²) in [6.07, 6.45) is 38.9. The summed E-state index contributed by atoms with van der Waals surface area (Å²) in [7, 11) is -1.57. The number of allylic oxidation sites excluding steroid dienone is 4. The minimum Gasteiger partial charge on any atom is -1.00 e. The molecule has 0 fully saturated rings. The van der Waals surface area contributed by atoms with E-state index >= 15 is 0 Å². The van der Waals surface area contributed by atoms with Gasteiger partial charge in [-0.2, -0.15) is 0 Å². The van der Waals surface area contributed by atoms with Crippen LogP contribution in [0.4, 0.5) is 0 Å². The van der Waals surface area contributed by atoms with Crippen LogP contribution < -0.4 is 34.0 Å². The highest BCUT2D eigenvalue weighted by Gasteiger charge is 2.35. The molecule has 0 aliphatic rings. The Bertz CT molecular complexity index is 377. The predicted octanol–water partition coefficient (Wildman–Crippen LogP) is 4.94. The summed E-state index contributed by atoms with van der Waals surface area (Å²) in [4.78, 5) is 0. The fraction of sp³-hybridized carbons (Fsp3) is 0.867. The maximum absolute atomic E-state index is 2.58. The van der Waals surface area contributed by atoms with Gasteiger partial charge in [0, 0.05) is 14.5 Å². The van der Waals surface area contributed by atoms with Gasteiger partial charge in [-0.25, -0.2) is 0 Å². The molecule has 0 heterocycles. The van der Waals surface area contributed by atoms with E-state index in [0.29, 0.717) is 0 Å². The van der Waals surface area contributed by atoms with Gasteiger partial charge in [-0.3, -0.25) is 0 Å². The molecule has 0 aromatic heterocycles. The molecular formula is C30H62Br2P2. The van der Waals surface area contributed by atoms with E-state index in [-0.39, 0.29) is 34.0 Å². The van der Waals surface area contributed by atoms with Crippen molar-refractivity contribution in [3.05, 3.63) is 24.3 Å². The molecule has 0 rings (SSSR count). The monoisotopic (exact) mass is 642 g/mol. The summed E-state index contributed by atoms with van der Waals surface area (Å²) in [6, 6.07) is 0. The van der Waals surface area contributed by atoms with E-state index in [2.05, 4.69) is 65.8 Å². The average Bonchev–Trinajstić information content (AvgIpc) is 2.82. The van der Waals surface area contributed by atoms with E-state index in [4.69, 9.17) is 0 Å². The molecule has 0 radical (unpaired) electrons. The second-order valence-electron chi connectivity index (χ2n) is 10.4. The first-order valence-electron chi connectivity index (χ1n) is 14.6. The lowest BCUT2D eigenvalue weighted by Gasteiger charge is -2.27.